The minimum atomic E-state index is 0.754. The molecule has 2 rings (SSSR count). The van der Waals surface area contributed by atoms with E-state index in [-0.39, 0.29) is 0 Å². The van der Waals surface area contributed by atoms with Gasteiger partial charge >= 0.3 is 0 Å². The SMILES string of the molecule is Cc1ccccc1C1CC(NCCCCN(C)C)C1. The molecule has 0 atom stereocenters. The molecule has 0 unspecified atom stereocenters. The maximum atomic E-state index is 3.69. The number of nitrogens with zero attached hydrogens (tertiary/aromatic N) is 1. The number of unbranched alkanes of at least 4 members (excludes halogenated alkanes) is 1. The molecule has 2 heteroatoms. The molecule has 0 spiro atoms. The Kier molecular flexibility index (Phi) is 5.41. The normalized spacial score (nSPS) is 22.5. The Morgan fingerprint density at radius 2 is 1.89 bits per heavy atom. The average Bonchev–Trinajstić information content (AvgIpc) is 2.32. The van der Waals surface area contributed by atoms with Gasteiger partial charge in [0.1, 0.15) is 0 Å². The molecule has 1 N–H and O–H groups in total. The summed E-state index contributed by atoms with van der Waals surface area (Å²) in [5.74, 6) is 0.792. The van der Waals surface area contributed by atoms with E-state index in [4.69, 9.17) is 0 Å². The minimum absolute atomic E-state index is 0.754. The van der Waals surface area contributed by atoms with Crippen molar-refractivity contribution in [3.05, 3.63) is 35.4 Å². The predicted octanol–water partition coefficient (Wildman–Crippen LogP) is 3.17. The molecule has 1 aromatic carbocycles. The fourth-order valence-electron chi connectivity index (χ4n) is 2.94. The van der Waals surface area contributed by atoms with Crippen LogP contribution >= 0.6 is 0 Å². The fourth-order valence-corrected chi connectivity index (χ4v) is 2.94. The number of hydrogen-bond donors (Lipinski definition) is 1. The van der Waals surface area contributed by atoms with Gasteiger partial charge in [-0.25, -0.2) is 0 Å². The highest BCUT2D eigenvalue weighted by atomic mass is 15.0. The Labute approximate surface area is 118 Å². The zero-order chi connectivity index (χ0) is 13.7. The van der Waals surface area contributed by atoms with Crippen LogP contribution in [-0.4, -0.2) is 38.1 Å². The van der Waals surface area contributed by atoms with Crippen molar-refractivity contribution in [3.63, 3.8) is 0 Å². The van der Waals surface area contributed by atoms with Crippen LogP contribution in [0.1, 0.15) is 42.7 Å². The van der Waals surface area contributed by atoms with Crippen molar-refractivity contribution in [2.75, 3.05) is 27.2 Å². The Hall–Kier alpha value is -0.860. The van der Waals surface area contributed by atoms with Gasteiger partial charge in [0, 0.05) is 6.04 Å². The van der Waals surface area contributed by atoms with Gasteiger partial charge in [0.25, 0.3) is 0 Å². The highest BCUT2D eigenvalue weighted by molar-refractivity contribution is 5.31. The van der Waals surface area contributed by atoms with Crippen LogP contribution in [0.25, 0.3) is 0 Å². The Bertz CT molecular complexity index is 381. The second kappa shape index (κ2) is 7.06. The van der Waals surface area contributed by atoms with Gasteiger partial charge in [0.05, 0.1) is 0 Å². The van der Waals surface area contributed by atoms with Crippen molar-refractivity contribution in [1.82, 2.24) is 10.2 Å². The lowest BCUT2D eigenvalue weighted by molar-refractivity contribution is 0.286. The highest BCUT2D eigenvalue weighted by Crippen LogP contribution is 2.38. The summed E-state index contributed by atoms with van der Waals surface area (Å²) in [6.07, 6.45) is 5.23. The molecule has 0 saturated heterocycles. The first-order valence-electron chi connectivity index (χ1n) is 7.60. The third kappa shape index (κ3) is 4.32. The van der Waals surface area contributed by atoms with Crippen LogP contribution in [0.2, 0.25) is 0 Å². The average molecular weight is 260 g/mol. The zero-order valence-corrected chi connectivity index (χ0v) is 12.7. The van der Waals surface area contributed by atoms with Gasteiger partial charge in [-0.2, -0.15) is 0 Å². The van der Waals surface area contributed by atoms with Crippen molar-refractivity contribution >= 4 is 0 Å². The van der Waals surface area contributed by atoms with Gasteiger partial charge in [-0.1, -0.05) is 24.3 Å². The Balaban J connectivity index is 1.60. The molecule has 0 aliphatic heterocycles. The van der Waals surface area contributed by atoms with Crippen molar-refractivity contribution in [1.29, 1.82) is 0 Å². The number of hydrogen-bond acceptors (Lipinski definition) is 2. The van der Waals surface area contributed by atoms with Crippen molar-refractivity contribution in [2.24, 2.45) is 0 Å². The van der Waals surface area contributed by atoms with Gasteiger partial charge in [-0.05, 0) is 76.8 Å². The molecule has 1 aliphatic rings. The third-order valence-electron chi connectivity index (χ3n) is 4.23. The molecule has 0 radical (unpaired) electrons. The van der Waals surface area contributed by atoms with Crippen LogP contribution < -0.4 is 5.32 Å². The highest BCUT2D eigenvalue weighted by Gasteiger charge is 2.30. The van der Waals surface area contributed by atoms with E-state index in [0.717, 1.165) is 12.0 Å². The van der Waals surface area contributed by atoms with Crippen LogP contribution in [0, 0.1) is 6.92 Å². The molecule has 106 valence electrons. The summed E-state index contributed by atoms with van der Waals surface area (Å²) in [4.78, 5) is 2.26. The Morgan fingerprint density at radius 1 is 1.16 bits per heavy atom. The summed E-state index contributed by atoms with van der Waals surface area (Å²) in [6, 6.07) is 9.59. The number of benzene rings is 1. The minimum Gasteiger partial charge on any atom is -0.314 e. The van der Waals surface area contributed by atoms with E-state index in [0.29, 0.717) is 0 Å². The standard InChI is InChI=1S/C17H28N2/c1-14-8-4-5-9-17(14)15-12-16(13-15)18-10-6-7-11-19(2)3/h4-5,8-9,15-16,18H,6-7,10-13H2,1-3H3. The van der Waals surface area contributed by atoms with Gasteiger partial charge in [0.2, 0.25) is 0 Å². The maximum Gasteiger partial charge on any atom is 0.00787 e. The smallest absolute Gasteiger partial charge is 0.00787 e. The number of aryl methyl sites for hydroxylation is 1. The first-order chi connectivity index (χ1) is 9.16. The quantitative estimate of drug-likeness (QED) is 0.758. The first-order valence-corrected chi connectivity index (χ1v) is 7.60. The lowest BCUT2D eigenvalue weighted by atomic mass is 9.74. The third-order valence-corrected chi connectivity index (χ3v) is 4.23. The maximum absolute atomic E-state index is 3.69. The van der Waals surface area contributed by atoms with Crippen LogP contribution in [0.3, 0.4) is 0 Å². The molecule has 0 bridgehead atoms. The summed E-state index contributed by atoms with van der Waals surface area (Å²) < 4.78 is 0. The largest absolute Gasteiger partial charge is 0.314 e. The van der Waals surface area contributed by atoms with Gasteiger partial charge in [-0.3, -0.25) is 0 Å². The van der Waals surface area contributed by atoms with E-state index in [1.54, 1.807) is 5.56 Å². The second-order valence-electron chi connectivity index (χ2n) is 6.19. The van der Waals surface area contributed by atoms with Gasteiger partial charge in [0.15, 0.2) is 0 Å². The van der Waals surface area contributed by atoms with Crippen molar-refractivity contribution < 1.29 is 0 Å². The molecule has 1 fully saturated rings. The topological polar surface area (TPSA) is 15.3 Å². The van der Waals surface area contributed by atoms with Crippen molar-refractivity contribution in [2.45, 2.75) is 44.6 Å². The van der Waals surface area contributed by atoms with Crippen LogP contribution in [-0.2, 0) is 0 Å². The van der Waals surface area contributed by atoms with Crippen molar-refractivity contribution in [3.8, 4) is 0 Å². The van der Waals surface area contributed by atoms with E-state index in [1.165, 1.54) is 44.3 Å². The summed E-state index contributed by atoms with van der Waals surface area (Å²) in [7, 11) is 4.29. The van der Waals surface area contributed by atoms with Crippen LogP contribution in [0.5, 0.6) is 0 Å². The molecule has 0 heterocycles. The first kappa shape index (κ1) is 14.5. The van der Waals surface area contributed by atoms with Crippen LogP contribution in [0.15, 0.2) is 24.3 Å². The summed E-state index contributed by atoms with van der Waals surface area (Å²) in [6.45, 7) is 4.62. The van der Waals surface area contributed by atoms with Crippen LogP contribution in [0.4, 0.5) is 0 Å². The molecule has 1 saturated carbocycles. The monoisotopic (exact) mass is 260 g/mol. The molecule has 2 nitrogen and oxygen atoms in total. The lowest BCUT2D eigenvalue weighted by Crippen LogP contribution is -2.40. The molecule has 19 heavy (non-hydrogen) atoms. The summed E-state index contributed by atoms with van der Waals surface area (Å²) in [5.41, 5.74) is 3.02. The molecular formula is C17H28N2. The molecule has 0 amide bonds. The van der Waals surface area contributed by atoms with E-state index in [1.807, 2.05) is 0 Å². The second-order valence-corrected chi connectivity index (χ2v) is 6.19. The lowest BCUT2D eigenvalue weighted by Gasteiger charge is -2.37. The molecule has 0 aromatic heterocycles. The van der Waals surface area contributed by atoms with E-state index in [2.05, 4.69) is 55.5 Å². The predicted molar refractivity (Wildman–Crippen MR) is 82.7 cm³/mol. The molecular weight excluding hydrogens is 232 g/mol. The molecule has 1 aliphatic carbocycles. The van der Waals surface area contributed by atoms with E-state index in [9.17, 15) is 0 Å². The number of nitrogens with one attached hydrogen (secondary N) is 1. The summed E-state index contributed by atoms with van der Waals surface area (Å²) >= 11 is 0. The zero-order valence-electron chi connectivity index (χ0n) is 12.7. The van der Waals surface area contributed by atoms with E-state index < -0.39 is 0 Å². The van der Waals surface area contributed by atoms with Gasteiger partial charge in [-0.15, -0.1) is 0 Å². The van der Waals surface area contributed by atoms with E-state index >= 15 is 0 Å². The number of rotatable bonds is 7. The fraction of sp³-hybridized carbons (Fsp3) is 0.647. The Morgan fingerprint density at radius 3 is 2.58 bits per heavy atom. The molecule has 1 aromatic rings. The summed E-state index contributed by atoms with van der Waals surface area (Å²) in [5, 5.41) is 3.69. The van der Waals surface area contributed by atoms with Gasteiger partial charge < -0.3 is 10.2 Å².